The highest BCUT2D eigenvalue weighted by Gasteiger charge is 2.53. The first-order valence-corrected chi connectivity index (χ1v) is 13.0. The van der Waals surface area contributed by atoms with Gasteiger partial charge in [0.15, 0.2) is 0 Å². The van der Waals surface area contributed by atoms with Crippen molar-refractivity contribution in [3.8, 4) is 0 Å². The molecule has 1 fully saturated rings. The number of aliphatic hydroxyl groups is 1. The summed E-state index contributed by atoms with van der Waals surface area (Å²) >= 11 is 0. The molecule has 0 aromatic heterocycles. The number of carbonyl (C=O) groups is 1. The molecule has 0 amide bonds. The first-order chi connectivity index (χ1) is 14.5. The van der Waals surface area contributed by atoms with Gasteiger partial charge in [0.05, 0.1) is 18.6 Å². The maximum absolute atomic E-state index is 12.4. The molecule has 0 spiro atoms. The van der Waals surface area contributed by atoms with Crippen LogP contribution in [-0.4, -0.2) is 37.7 Å². The minimum Gasteiger partial charge on any atom is -0.460 e. The minimum atomic E-state index is -2.69. The standard InChI is InChI=1S/C26H36O4Si/c1-25(2,3)30-24(28)22-17-21(22)23(27)18-29-31(26(4,5)6,19-13-9-7-10-14-19)20-15-11-8-12-16-20/h7-16,21-23,27H,17-18H2,1-6H3/t21-,22-,23-/m0/s1. The van der Waals surface area contributed by atoms with Crippen molar-refractivity contribution in [2.75, 3.05) is 6.61 Å². The van der Waals surface area contributed by atoms with Gasteiger partial charge in [0, 0.05) is 5.92 Å². The zero-order valence-electron chi connectivity index (χ0n) is 19.6. The molecule has 168 valence electrons. The molecule has 1 aliphatic rings. The summed E-state index contributed by atoms with van der Waals surface area (Å²) in [5.74, 6) is -0.563. The summed E-state index contributed by atoms with van der Waals surface area (Å²) in [5, 5.41) is 13.1. The molecule has 3 rings (SSSR count). The molecule has 1 aliphatic carbocycles. The van der Waals surface area contributed by atoms with Gasteiger partial charge in [0.2, 0.25) is 0 Å². The molecular formula is C26H36O4Si. The van der Waals surface area contributed by atoms with E-state index in [0.717, 1.165) is 0 Å². The van der Waals surface area contributed by atoms with Crippen molar-refractivity contribution in [2.24, 2.45) is 11.8 Å². The minimum absolute atomic E-state index is 0.104. The van der Waals surface area contributed by atoms with Crippen molar-refractivity contribution in [1.82, 2.24) is 0 Å². The van der Waals surface area contributed by atoms with Crippen molar-refractivity contribution >= 4 is 24.7 Å². The first kappa shape index (κ1) is 23.7. The third-order valence-electron chi connectivity index (χ3n) is 5.93. The summed E-state index contributed by atoms with van der Waals surface area (Å²) in [7, 11) is -2.69. The van der Waals surface area contributed by atoms with E-state index in [1.807, 2.05) is 57.2 Å². The lowest BCUT2D eigenvalue weighted by Crippen LogP contribution is -2.67. The number of carbonyl (C=O) groups excluding carboxylic acids is 1. The Morgan fingerprint density at radius 3 is 1.87 bits per heavy atom. The molecule has 3 atom stereocenters. The lowest BCUT2D eigenvalue weighted by atomic mass is 10.2. The maximum Gasteiger partial charge on any atom is 0.309 e. The van der Waals surface area contributed by atoms with Gasteiger partial charge in [-0.25, -0.2) is 0 Å². The summed E-state index contributed by atoms with van der Waals surface area (Å²) in [4.78, 5) is 12.4. The lowest BCUT2D eigenvalue weighted by Gasteiger charge is -2.43. The highest BCUT2D eigenvalue weighted by molar-refractivity contribution is 6.99. The fourth-order valence-electron chi connectivity index (χ4n) is 4.38. The highest BCUT2D eigenvalue weighted by Crippen LogP contribution is 2.44. The average Bonchev–Trinajstić information content (AvgIpc) is 3.49. The van der Waals surface area contributed by atoms with E-state index < -0.39 is 20.0 Å². The van der Waals surface area contributed by atoms with Crippen molar-refractivity contribution in [3.63, 3.8) is 0 Å². The Hall–Kier alpha value is -1.95. The highest BCUT2D eigenvalue weighted by atomic mass is 28.4. The van der Waals surface area contributed by atoms with Crippen molar-refractivity contribution in [1.29, 1.82) is 0 Å². The van der Waals surface area contributed by atoms with Crippen LogP contribution in [-0.2, 0) is 14.0 Å². The normalized spacial score (nSPS) is 20.2. The van der Waals surface area contributed by atoms with E-state index in [1.165, 1.54) is 10.4 Å². The fraction of sp³-hybridized carbons (Fsp3) is 0.500. The van der Waals surface area contributed by atoms with E-state index in [0.29, 0.717) is 6.42 Å². The molecule has 0 bridgehead atoms. The van der Waals surface area contributed by atoms with Gasteiger partial charge in [-0.1, -0.05) is 81.4 Å². The lowest BCUT2D eigenvalue weighted by molar-refractivity contribution is -0.157. The molecule has 0 unspecified atom stereocenters. The number of ether oxygens (including phenoxy) is 1. The number of hydrogen-bond donors (Lipinski definition) is 1. The second kappa shape index (κ2) is 8.89. The molecule has 0 heterocycles. The number of benzene rings is 2. The van der Waals surface area contributed by atoms with Crippen molar-refractivity contribution in [2.45, 2.75) is 64.7 Å². The Labute approximate surface area is 187 Å². The first-order valence-electron chi connectivity index (χ1n) is 11.1. The second-order valence-electron chi connectivity index (χ2n) is 10.6. The SMILES string of the molecule is CC(C)(C)OC(=O)[C@H]1C[C@@H]1[C@@H](O)CO[Si](c1ccccc1)(c1ccccc1)C(C)(C)C. The topological polar surface area (TPSA) is 55.8 Å². The van der Waals surface area contributed by atoms with E-state index in [9.17, 15) is 9.90 Å². The van der Waals surface area contributed by atoms with Crippen LogP contribution in [0.5, 0.6) is 0 Å². The largest absolute Gasteiger partial charge is 0.460 e. The molecule has 5 heteroatoms. The molecule has 4 nitrogen and oxygen atoms in total. The Bertz CT molecular complexity index is 828. The van der Waals surface area contributed by atoms with Crippen LogP contribution in [0.3, 0.4) is 0 Å². The molecule has 31 heavy (non-hydrogen) atoms. The fourth-order valence-corrected chi connectivity index (χ4v) is 8.96. The molecular weight excluding hydrogens is 404 g/mol. The zero-order valence-corrected chi connectivity index (χ0v) is 20.6. The Morgan fingerprint density at radius 1 is 0.968 bits per heavy atom. The van der Waals surface area contributed by atoms with Gasteiger partial charge in [-0.05, 0) is 42.6 Å². The molecule has 1 saturated carbocycles. The zero-order chi connectivity index (χ0) is 22.9. The molecule has 2 aromatic carbocycles. The number of aliphatic hydroxyl groups excluding tert-OH is 1. The molecule has 0 radical (unpaired) electrons. The summed E-state index contributed by atoms with van der Waals surface area (Å²) in [6.07, 6.45) is -0.0423. The van der Waals surface area contributed by atoms with Gasteiger partial charge in [0.25, 0.3) is 8.32 Å². The van der Waals surface area contributed by atoms with Crippen LogP contribution in [0.1, 0.15) is 48.0 Å². The van der Waals surface area contributed by atoms with Crippen LogP contribution in [0.4, 0.5) is 0 Å². The van der Waals surface area contributed by atoms with Gasteiger partial charge in [-0.2, -0.15) is 0 Å². The van der Waals surface area contributed by atoms with Crippen molar-refractivity contribution < 1.29 is 19.1 Å². The van der Waals surface area contributed by atoms with Crippen LogP contribution in [0.25, 0.3) is 0 Å². The Morgan fingerprint density at radius 2 is 1.45 bits per heavy atom. The summed E-state index contributed by atoms with van der Waals surface area (Å²) in [6.45, 7) is 12.4. The number of hydrogen-bond acceptors (Lipinski definition) is 4. The smallest absolute Gasteiger partial charge is 0.309 e. The third kappa shape index (κ3) is 5.28. The van der Waals surface area contributed by atoms with E-state index in [2.05, 4.69) is 45.0 Å². The van der Waals surface area contributed by atoms with E-state index >= 15 is 0 Å². The third-order valence-corrected chi connectivity index (χ3v) is 10.9. The molecule has 0 saturated heterocycles. The van der Waals surface area contributed by atoms with Crippen LogP contribution in [0.15, 0.2) is 60.7 Å². The summed E-state index contributed by atoms with van der Waals surface area (Å²) in [5.41, 5.74) is -0.513. The van der Waals surface area contributed by atoms with Crippen LogP contribution in [0, 0.1) is 11.8 Å². The van der Waals surface area contributed by atoms with E-state index in [4.69, 9.17) is 9.16 Å². The van der Waals surface area contributed by atoms with Crippen molar-refractivity contribution in [3.05, 3.63) is 60.7 Å². The van der Waals surface area contributed by atoms with Crippen LogP contribution in [0.2, 0.25) is 5.04 Å². The monoisotopic (exact) mass is 440 g/mol. The van der Waals surface area contributed by atoms with E-state index in [-0.39, 0.29) is 29.5 Å². The van der Waals surface area contributed by atoms with Crippen LogP contribution < -0.4 is 10.4 Å². The molecule has 1 N–H and O–H groups in total. The van der Waals surface area contributed by atoms with Gasteiger partial charge in [0.1, 0.15) is 5.60 Å². The Kier molecular flexibility index (Phi) is 6.80. The summed E-state index contributed by atoms with van der Waals surface area (Å²) in [6, 6.07) is 20.8. The van der Waals surface area contributed by atoms with Gasteiger partial charge in [-0.15, -0.1) is 0 Å². The van der Waals surface area contributed by atoms with E-state index in [1.54, 1.807) is 0 Å². The number of rotatable bonds is 7. The second-order valence-corrected chi connectivity index (χ2v) is 14.9. The Balaban J connectivity index is 1.83. The predicted molar refractivity (Wildman–Crippen MR) is 127 cm³/mol. The van der Waals surface area contributed by atoms with Gasteiger partial charge in [-0.3, -0.25) is 4.79 Å². The predicted octanol–water partition coefficient (Wildman–Crippen LogP) is 3.90. The number of esters is 1. The molecule has 2 aromatic rings. The van der Waals surface area contributed by atoms with Crippen LogP contribution >= 0.6 is 0 Å². The quantitative estimate of drug-likeness (QED) is 0.524. The van der Waals surface area contributed by atoms with Gasteiger partial charge >= 0.3 is 5.97 Å². The summed E-state index contributed by atoms with van der Waals surface area (Å²) < 4.78 is 12.3. The molecule has 0 aliphatic heterocycles. The van der Waals surface area contributed by atoms with Gasteiger partial charge < -0.3 is 14.3 Å². The maximum atomic E-state index is 12.4. The average molecular weight is 441 g/mol.